The number of likely N-dealkylation sites (tertiary alicyclic amines) is 1. The van der Waals surface area contributed by atoms with E-state index in [0.717, 1.165) is 19.3 Å². The first-order valence-corrected chi connectivity index (χ1v) is 7.06. The van der Waals surface area contributed by atoms with Crippen LogP contribution in [0.3, 0.4) is 0 Å². The zero-order valence-corrected chi connectivity index (χ0v) is 12.6. The molecule has 0 unspecified atom stereocenters. The molecule has 0 radical (unpaired) electrons. The van der Waals surface area contributed by atoms with Crippen molar-refractivity contribution in [1.82, 2.24) is 9.80 Å². The predicted octanol–water partition coefficient (Wildman–Crippen LogP) is 2.55. The minimum absolute atomic E-state index is 0.158. The predicted molar refractivity (Wildman–Crippen MR) is 74.1 cm³/mol. The first-order valence-electron chi connectivity index (χ1n) is 7.06. The molecule has 0 aliphatic carbocycles. The first kappa shape index (κ1) is 15.8. The van der Waals surface area contributed by atoms with Crippen LogP contribution in [0.1, 0.15) is 53.9 Å². The number of carboxylic acid groups (broad SMARTS) is 1. The molecule has 1 fully saturated rings. The largest absolute Gasteiger partial charge is 0.480 e. The summed E-state index contributed by atoms with van der Waals surface area (Å²) >= 11 is 0. The van der Waals surface area contributed by atoms with Gasteiger partial charge >= 0.3 is 12.0 Å². The summed E-state index contributed by atoms with van der Waals surface area (Å²) < 4.78 is 0. The fraction of sp³-hybridized carbons (Fsp3) is 0.857. The van der Waals surface area contributed by atoms with Crippen LogP contribution in [0.2, 0.25) is 0 Å². The van der Waals surface area contributed by atoms with Gasteiger partial charge in [0.2, 0.25) is 0 Å². The molecule has 1 aliphatic heterocycles. The Hall–Kier alpha value is -1.26. The maximum absolute atomic E-state index is 12.7. The summed E-state index contributed by atoms with van der Waals surface area (Å²) in [5.41, 5.74) is -1.18. The number of carboxylic acids is 1. The van der Waals surface area contributed by atoms with Gasteiger partial charge in [0.25, 0.3) is 0 Å². The molecule has 0 aromatic rings. The van der Waals surface area contributed by atoms with Crippen LogP contribution in [0.15, 0.2) is 0 Å². The zero-order valence-electron chi connectivity index (χ0n) is 12.6. The molecular weight excluding hydrogens is 244 g/mol. The van der Waals surface area contributed by atoms with E-state index < -0.39 is 11.5 Å². The average Bonchev–Trinajstić information content (AvgIpc) is 2.28. The van der Waals surface area contributed by atoms with Crippen molar-refractivity contribution in [3.63, 3.8) is 0 Å². The molecule has 19 heavy (non-hydrogen) atoms. The molecule has 5 nitrogen and oxygen atoms in total. The second-order valence-corrected chi connectivity index (χ2v) is 5.93. The molecule has 0 aromatic heterocycles. The standard InChI is InChI=1S/C14H26N2O3/c1-6-15(14(4,5)12(17)18)13(19)16-10(2)8-7-9-11(16)3/h10-11H,6-9H2,1-5H3,(H,17,18)/t10-,11+. The number of urea groups is 1. The molecule has 2 atom stereocenters. The molecule has 110 valence electrons. The molecule has 2 amide bonds. The van der Waals surface area contributed by atoms with E-state index in [1.54, 1.807) is 13.8 Å². The summed E-state index contributed by atoms with van der Waals surface area (Å²) in [7, 11) is 0. The van der Waals surface area contributed by atoms with Crippen LogP contribution >= 0.6 is 0 Å². The van der Waals surface area contributed by atoms with E-state index in [1.807, 2.05) is 25.7 Å². The van der Waals surface area contributed by atoms with E-state index in [2.05, 4.69) is 0 Å². The molecule has 1 heterocycles. The van der Waals surface area contributed by atoms with Gasteiger partial charge in [0.15, 0.2) is 0 Å². The Bertz CT molecular complexity index is 345. The van der Waals surface area contributed by atoms with Gasteiger partial charge in [-0.3, -0.25) is 0 Å². The lowest BCUT2D eigenvalue weighted by molar-refractivity contribution is -0.148. The highest BCUT2D eigenvalue weighted by Gasteiger charge is 2.41. The quantitative estimate of drug-likeness (QED) is 0.857. The summed E-state index contributed by atoms with van der Waals surface area (Å²) in [5.74, 6) is -0.972. The lowest BCUT2D eigenvalue weighted by atomic mass is 9.97. The minimum Gasteiger partial charge on any atom is -0.480 e. The number of amides is 2. The number of hydrogen-bond donors (Lipinski definition) is 1. The van der Waals surface area contributed by atoms with Crippen LogP contribution in [0.25, 0.3) is 0 Å². The maximum atomic E-state index is 12.7. The second-order valence-electron chi connectivity index (χ2n) is 5.93. The molecule has 0 spiro atoms. The topological polar surface area (TPSA) is 60.9 Å². The Labute approximate surface area is 115 Å². The first-order chi connectivity index (χ1) is 8.73. The third-order valence-electron chi connectivity index (χ3n) is 4.16. The monoisotopic (exact) mass is 270 g/mol. The fourth-order valence-electron chi connectivity index (χ4n) is 2.82. The molecule has 1 saturated heterocycles. The van der Waals surface area contributed by atoms with Gasteiger partial charge < -0.3 is 14.9 Å². The van der Waals surface area contributed by atoms with Gasteiger partial charge in [-0.05, 0) is 53.9 Å². The van der Waals surface area contributed by atoms with Crippen molar-refractivity contribution in [2.24, 2.45) is 0 Å². The Balaban J connectivity index is 2.98. The molecule has 1 N–H and O–H groups in total. The highest BCUT2D eigenvalue weighted by Crippen LogP contribution is 2.26. The van der Waals surface area contributed by atoms with Gasteiger partial charge in [0.05, 0.1) is 0 Å². The summed E-state index contributed by atoms with van der Waals surface area (Å²) in [6, 6.07) is 0.194. The zero-order chi connectivity index (χ0) is 14.8. The number of piperidine rings is 1. The Kier molecular flexibility index (Phi) is 4.82. The lowest BCUT2D eigenvalue weighted by Crippen LogP contribution is -2.60. The van der Waals surface area contributed by atoms with Gasteiger partial charge in [-0.25, -0.2) is 9.59 Å². The number of nitrogens with zero attached hydrogens (tertiary/aromatic N) is 2. The van der Waals surface area contributed by atoms with Gasteiger partial charge in [0, 0.05) is 18.6 Å². The molecule has 0 saturated carbocycles. The highest BCUT2D eigenvalue weighted by molar-refractivity contribution is 5.85. The highest BCUT2D eigenvalue weighted by atomic mass is 16.4. The molecule has 1 rings (SSSR count). The summed E-state index contributed by atoms with van der Waals surface area (Å²) in [6.45, 7) is 9.45. The minimum atomic E-state index is -1.18. The molecule has 0 aromatic carbocycles. The van der Waals surface area contributed by atoms with E-state index in [0.29, 0.717) is 6.54 Å². The maximum Gasteiger partial charge on any atom is 0.329 e. The number of hydrogen-bond acceptors (Lipinski definition) is 2. The van der Waals surface area contributed by atoms with Gasteiger partial charge in [-0.15, -0.1) is 0 Å². The van der Waals surface area contributed by atoms with E-state index >= 15 is 0 Å². The summed E-state index contributed by atoms with van der Waals surface area (Å²) in [6.07, 6.45) is 3.10. The van der Waals surface area contributed by atoms with Crippen LogP contribution in [-0.2, 0) is 4.79 Å². The van der Waals surface area contributed by atoms with Gasteiger partial charge in [-0.1, -0.05) is 0 Å². The molecule has 0 bridgehead atoms. The smallest absolute Gasteiger partial charge is 0.329 e. The normalized spacial score (nSPS) is 24.2. The van der Waals surface area contributed by atoms with Gasteiger partial charge in [0.1, 0.15) is 5.54 Å². The number of carbonyl (C=O) groups excluding carboxylic acids is 1. The van der Waals surface area contributed by atoms with Crippen molar-refractivity contribution in [1.29, 1.82) is 0 Å². The van der Waals surface area contributed by atoms with Crippen molar-refractivity contribution in [3.05, 3.63) is 0 Å². The number of aliphatic carboxylic acids is 1. The van der Waals surface area contributed by atoms with Crippen LogP contribution in [0.5, 0.6) is 0 Å². The van der Waals surface area contributed by atoms with E-state index in [-0.39, 0.29) is 18.1 Å². The van der Waals surface area contributed by atoms with Crippen LogP contribution in [0, 0.1) is 0 Å². The third-order valence-corrected chi connectivity index (χ3v) is 4.16. The van der Waals surface area contributed by atoms with Crippen LogP contribution < -0.4 is 0 Å². The van der Waals surface area contributed by atoms with E-state index in [9.17, 15) is 14.7 Å². The molecule has 5 heteroatoms. The molecular formula is C14H26N2O3. The van der Waals surface area contributed by atoms with Crippen molar-refractivity contribution in [2.75, 3.05) is 6.54 Å². The van der Waals surface area contributed by atoms with Crippen molar-refractivity contribution in [2.45, 2.75) is 71.5 Å². The Morgan fingerprint density at radius 1 is 1.26 bits per heavy atom. The number of carbonyl (C=O) groups is 2. The summed E-state index contributed by atoms with van der Waals surface area (Å²) in [4.78, 5) is 27.3. The SMILES string of the molecule is CCN(C(=O)N1[C@H](C)CCC[C@@H]1C)C(C)(C)C(=O)O. The van der Waals surface area contributed by atoms with Crippen LogP contribution in [-0.4, -0.2) is 51.1 Å². The lowest BCUT2D eigenvalue weighted by Gasteiger charge is -2.45. The molecule has 1 aliphatic rings. The second kappa shape index (κ2) is 5.80. The van der Waals surface area contributed by atoms with Crippen molar-refractivity contribution >= 4 is 12.0 Å². The van der Waals surface area contributed by atoms with Crippen molar-refractivity contribution < 1.29 is 14.7 Å². The Morgan fingerprint density at radius 3 is 2.11 bits per heavy atom. The van der Waals surface area contributed by atoms with Gasteiger partial charge in [-0.2, -0.15) is 0 Å². The number of likely N-dealkylation sites (N-methyl/N-ethyl adjacent to an activating group) is 1. The van der Waals surface area contributed by atoms with Crippen molar-refractivity contribution in [3.8, 4) is 0 Å². The van der Waals surface area contributed by atoms with E-state index in [4.69, 9.17) is 0 Å². The van der Waals surface area contributed by atoms with E-state index in [1.165, 1.54) is 4.90 Å². The Morgan fingerprint density at radius 2 is 1.74 bits per heavy atom. The fourth-order valence-corrected chi connectivity index (χ4v) is 2.82. The average molecular weight is 270 g/mol. The van der Waals surface area contributed by atoms with Crippen LogP contribution in [0.4, 0.5) is 4.79 Å². The third kappa shape index (κ3) is 3.01. The number of rotatable bonds is 3. The summed E-state index contributed by atoms with van der Waals surface area (Å²) in [5, 5.41) is 9.31.